The molecular formula is C24H30FN3O. The maximum absolute atomic E-state index is 13.0. The first-order chi connectivity index (χ1) is 13.6. The molecule has 1 atom stereocenters. The summed E-state index contributed by atoms with van der Waals surface area (Å²) in [4.78, 5) is 14.7. The van der Waals surface area contributed by atoms with E-state index in [0.29, 0.717) is 17.5 Å². The molecule has 5 heteroatoms. The Bertz CT molecular complexity index is 932. The zero-order valence-corrected chi connectivity index (χ0v) is 18.1. The van der Waals surface area contributed by atoms with Crippen LogP contribution in [0.2, 0.25) is 0 Å². The maximum Gasteiger partial charge on any atom is 0.271 e. The summed E-state index contributed by atoms with van der Waals surface area (Å²) in [6, 6.07) is 10.2. The van der Waals surface area contributed by atoms with Gasteiger partial charge in [-0.2, -0.15) is 5.10 Å². The number of hydrogen-bond donors (Lipinski definition) is 1. The second kappa shape index (κ2) is 7.97. The van der Waals surface area contributed by atoms with Crippen LogP contribution in [0, 0.1) is 12.7 Å². The number of carbonyl (C=O) groups is 1. The second-order valence-electron chi connectivity index (χ2n) is 8.85. The Morgan fingerprint density at radius 2 is 1.93 bits per heavy atom. The zero-order chi connectivity index (χ0) is 21.3. The highest BCUT2D eigenvalue weighted by Gasteiger charge is 2.37. The van der Waals surface area contributed by atoms with Crippen LogP contribution in [-0.4, -0.2) is 23.7 Å². The predicted octanol–water partition coefficient (Wildman–Crippen LogP) is 5.40. The molecule has 0 aliphatic carbocycles. The molecule has 3 rings (SSSR count). The number of rotatable bonds is 4. The van der Waals surface area contributed by atoms with E-state index in [1.54, 1.807) is 6.21 Å². The first-order valence-corrected chi connectivity index (χ1v) is 10.1. The highest BCUT2D eigenvalue weighted by molar-refractivity contribution is 5.95. The lowest BCUT2D eigenvalue weighted by atomic mass is 9.78. The fourth-order valence-electron chi connectivity index (χ4n) is 4.56. The van der Waals surface area contributed by atoms with E-state index in [4.69, 9.17) is 0 Å². The van der Waals surface area contributed by atoms with Crippen LogP contribution in [-0.2, 0) is 0 Å². The molecule has 1 aliphatic heterocycles. The number of hydrazone groups is 1. The molecule has 0 radical (unpaired) electrons. The average molecular weight is 396 g/mol. The Morgan fingerprint density at radius 1 is 1.28 bits per heavy atom. The van der Waals surface area contributed by atoms with Gasteiger partial charge in [-0.05, 0) is 100 Å². The molecule has 1 unspecified atom stereocenters. The Labute approximate surface area is 172 Å². The molecule has 29 heavy (non-hydrogen) atoms. The van der Waals surface area contributed by atoms with E-state index in [-0.39, 0.29) is 17.3 Å². The fraction of sp³-hybridized carbons (Fsp3) is 0.417. The average Bonchev–Trinajstić information content (AvgIpc) is 2.62. The normalized spacial score (nSPS) is 18.2. The Balaban J connectivity index is 1.85. The van der Waals surface area contributed by atoms with E-state index in [9.17, 15) is 9.18 Å². The molecule has 1 amide bonds. The molecule has 154 valence electrons. The van der Waals surface area contributed by atoms with Gasteiger partial charge in [0.1, 0.15) is 5.82 Å². The number of nitrogens with zero attached hydrogens (tertiary/aromatic N) is 2. The maximum atomic E-state index is 13.0. The minimum absolute atomic E-state index is 0.103. The van der Waals surface area contributed by atoms with E-state index < -0.39 is 0 Å². The summed E-state index contributed by atoms with van der Waals surface area (Å²) in [5, 5.41) is 4.13. The molecule has 0 bridgehead atoms. The van der Waals surface area contributed by atoms with Crippen molar-refractivity contribution in [1.29, 1.82) is 0 Å². The number of anilines is 1. The molecule has 1 N–H and O–H groups in total. The van der Waals surface area contributed by atoms with Crippen molar-refractivity contribution in [2.45, 2.75) is 65.5 Å². The van der Waals surface area contributed by atoms with Crippen LogP contribution < -0.4 is 10.3 Å². The Kier molecular flexibility index (Phi) is 5.78. The van der Waals surface area contributed by atoms with Crippen LogP contribution in [0.25, 0.3) is 0 Å². The van der Waals surface area contributed by atoms with Crippen molar-refractivity contribution >= 4 is 17.8 Å². The highest BCUT2D eigenvalue weighted by Crippen LogP contribution is 2.45. The molecule has 2 aromatic carbocycles. The zero-order valence-electron chi connectivity index (χ0n) is 18.1. The van der Waals surface area contributed by atoms with Crippen molar-refractivity contribution in [3.05, 3.63) is 64.5 Å². The van der Waals surface area contributed by atoms with Crippen LogP contribution in [0.3, 0.4) is 0 Å². The number of benzene rings is 2. The summed E-state index contributed by atoms with van der Waals surface area (Å²) in [5.41, 5.74) is 7.69. The number of halogens is 1. The first-order valence-electron chi connectivity index (χ1n) is 10.1. The molecule has 1 aliphatic rings. The standard InChI is InChI=1S/C24H30FN3O/c1-15(2)28-22-11-16(3)19(12-21(22)17(4)13-24(28,5)6)14-26-27-23(29)18-7-9-20(25)10-8-18/h7-12,14-15,17H,13H2,1-6H3,(H,27,29)/b26-14+. The van der Waals surface area contributed by atoms with Gasteiger partial charge < -0.3 is 4.90 Å². The third-order valence-corrected chi connectivity index (χ3v) is 5.66. The predicted molar refractivity (Wildman–Crippen MR) is 117 cm³/mol. The van der Waals surface area contributed by atoms with Crippen LogP contribution in [0.4, 0.5) is 10.1 Å². The van der Waals surface area contributed by atoms with E-state index in [2.05, 4.69) is 69.1 Å². The van der Waals surface area contributed by atoms with E-state index in [0.717, 1.165) is 17.5 Å². The van der Waals surface area contributed by atoms with Gasteiger partial charge in [-0.1, -0.05) is 6.92 Å². The Hall–Kier alpha value is -2.69. The highest BCUT2D eigenvalue weighted by atomic mass is 19.1. The molecule has 2 aromatic rings. The summed E-state index contributed by atoms with van der Waals surface area (Å²) in [5.74, 6) is -0.294. The first kappa shape index (κ1) is 21.0. The van der Waals surface area contributed by atoms with Gasteiger partial charge in [0, 0.05) is 22.8 Å². The van der Waals surface area contributed by atoms with Gasteiger partial charge in [0.25, 0.3) is 5.91 Å². The second-order valence-corrected chi connectivity index (χ2v) is 8.85. The van der Waals surface area contributed by atoms with Crippen molar-refractivity contribution < 1.29 is 9.18 Å². The molecule has 0 spiro atoms. The lowest BCUT2D eigenvalue weighted by molar-refractivity contribution is 0.0955. The number of carbonyl (C=O) groups excluding carboxylic acids is 1. The topological polar surface area (TPSA) is 44.7 Å². The third kappa shape index (κ3) is 4.34. The monoisotopic (exact) mass is 395 g/mol. The van der Waals surface area contributed by atoms with Crippen molar-refractivity contribution in [3.63, 3.8) is 0 Å². The number of amides is 1. The van der Waals surface area contributed by atoms with Crippen LogP contribution in [0.5, 0.6) is 0 Å². The van der Waals surface area contributed by atoms with Gasteiger partial charge in [-0.3, -0.25) is 4.79 Å². The minimum Gasteiger partial charge on any atom is -0.364 e. The number of nitrogens with one attached hydrogen (secondary N) is 1. The van der Waals surface area contributed by atoms with Crippen molar-refractivity contribution in [1.82, 2.24) is 5.43 Å². The largest absolute Gasteiger partial charge is 0.364 e. The smallest absolute Gasteiger partial charge is 0.271 e. The number of fused-ring (bicyclic) bond motifs is 1. The summed E-state index contributed by atoms with van der Waals surface area (Å²) >= 11 is 0. The number of aryl methyl sites for hydroxylation is 1. The van der Waals surface area contributed by atoms with Crippen LogP contribution in [0.15, 0.2) is 41.5 Å². The van der Waals surface area contributed by atoms with Gasteiger partial charge in [-0.15, -0.1) is 0 Å². The van der Waals surface area contributed by atoms with E-state index in [1.165, 1.54) is 35.5 Å². The minimum atomic E-state index is -0.373. The molecule has 4 nitrogen and oxygen atoms in total. The lowest BCUT2D eigenvalue weighted by Gasteiger charge is -2.50. The molecule has 0 fully saturated rings. The third-order valence-electron chi connectivity index (χ3n) is 5.66. The van der Waals surface area contributed by atoms with Crippen molar-refractivity contribution in [2.75, 3.05) is 4.90 Å². The van der Waals surface area contributed by atoms with Gasteiger partial charge in [0.2, 0.25) is 0 Å². The van der Waals surface area contributed by atoms with E-state index in [1.807, 2.05) is 0 Å². The van der Waals surface area contributed by atoms with Gasteiger partial charge in [-0.25, -0.2) is 9.82 Å². The quantitative estimate of drug-likeness (QED) is 0.556. The van der Waals surface area contributed by atoms with E-state index >= 15 is 0 Å². The van der Waals surface area contributed by atoms with Gasteiger partial charge >= 0.3 is 0 Å². The molecule has 0 saturated heterocycles. The molecular weight excluding hydrogens is 365 g/mol. The lowest BCUT2D eigenvalue weighted by Crippen LogP contribution is -2.51. The molecule has 1 heterocycles. The summed E-state index contributed by atoms with van der Waals surface area (Å²) in [6.45, 7) is 13.4. The Morgan fingerprint density at radius 3 is 2.55 bits per heavy atom. The summed E-state index contributed by atoms with van der Waals surface area (Å²) < 4.78 is 13.0. The van der Waals surface area contributed by atoms with Crippen LogP contribution >= 0.6 is 0 Å². The number of hydrogen-bond acceptors (Lipinski definition) is 3. The van der Waals surface area contributed by atoms with Crippen molar-refractivity contribution in [2.24, 2.45) is 5.10 Å². The molecule has 0 saturated carbocycles. The SMILES string of the molecule is Cc1cc2c(cc1/C=N/NC(=O)c1ccc(F)cc1)C(C)CC(C)(C)N2C(C)C. The summed E-state index contributed by atoms with van der Waals surface area (Å²) in [7, 11) is 0. The van der Waals surface area contributed by atoms with Crippen LogP contribution in [0.1, 0.15) is 74.0 Å². The van der Waals surface area contributed by atoms with Gasteiger partial charge in [0.05, 0.1) is 6.21 Å². The van der Waals surface area contributed by atoms with Gasteiger partial charge in [0.15, 0.2) is 0 Å². The molecule has 0 aromatic heterocycles. The summed E-state index contributed by atoms with van der Waals surface area (Å²) in [6.07, 6.45) is 2.77. The van der Waals surface area contributed by atoms with Crippen molar-refractivity contribution in [3.8, 4) is 0 Å². The fourth-order valence-corrected chi connectivity index (χ4v) is 4.56.